The molecule has 138 valence electrons. The molecular formula is C15H25Cl3N4O2. The number of carbonyl (C=O) groups excluding carboxylic acids is 2. The van der Waals surface area contributed by atoms with E-state index in [4.69, 9.17) is 17.3 Å². The summed E-state index contributed by atoms with van der Waals surface area (Å²) in [7, 11) is 3.73. The van der Waals surface area contributed by atoms with Gasteiger partial charge in [0.25, 0.3) is 0 Å². The lowest BCUT2D eigenvalue weighted by atomic mass is 10.1. The monoisotopic (exact) mass is 398 g/mol. The van der Waals surface area contributed by atoms with E-state index in [9.17, 15) is 9.59 Å². The molecule has 1 atom stereocenters. The molecule has 9 heteroatoms. The van der Waals surface area contributed by atoms with E-state index in [0.717, 1.165) is 5.69 Å². The molecule has 6 nitrogen and oxygen atoms in total. The number of carbonyl (C=O) groups is 2. The number of nitrogens with two attached hydrogens (primary N) is 1. The van der Waals surface area contributed by atoms with Gasteiger partial charge in [0.15, 0.2) is 0 Å². The molecular weight excluding hydrogens is 375 g/mol. The van der Waals surface area contributed by atoms with Gasteiger partial charge in [-0.1, -0.05) is 25.4 Å². The first-order valence-electron chi connectivity index (χ1n) is 7.02. The van der Waals surface area contributed by atoms with Gasteiger partial charge in [0.2, 0.25) is 11.8 Å². The van der Waals surface area contributed by atoms with Crippen LogP contribution in [0.1, 0.15) is 13.8 Å². The minimum Gasteiger partial charge on any atom is -0.376 e. The minimum absolute atomic E-state index is 0. The zero-order valence-corrected chi connectivity index (χ0v) is 16.5. The van der Waals surface area contributed by atoms with Gasteiger partial charge < -0.3 is 21.3 Å². The van der Waals surface area contributed by atoms with Crippen molar-refractivity contribution in [2.24, 2.45) is 11.7 Å². The Bertz CT molecular complexity index is 554. The summed E-state index contributed by atoms with van der Waals surface area (Å²) < 4.78 is 0. The maximum absolute atomic E-state index is 12.0. The van der Waals surface area contributed by atoms with Crippen LogP contribution in [0.3, 0.4) is 0 Å². The topological polar surface area (TPSA) is 87.5 Å². The summed E-state index contributed by atoms with van der Waals surface area (Å²) in [5.41, 5.74) is 7.12. The third-order valence-corrected chi connectivity index (χ3v) is 3.39. The molecule has 0 fully saturated rings. The summed E-state index contributed by atoms with van der Waals surface area (Å²) >= 11 is 5.95. The molecule has 0 heterocycles. The van der Waals surface area contributed by atoms with Crippen LogP contribution in [-0.4, -0.2) is 38.5 Å². The number of hydrogen-bond acceptors (Lipinski definition) is 4. The average Bonchev–Trinajstić information content (AvgIpc) is 2.43. The van der Waals surface area contributed by atoms with Crippen LogP contribution in [0.5, 0.6) is 0 Å². The van der Waals surface area contributed by atoms with E-state index in [1.165, 1.54) is 0 Å². The van der Waals surface area contributed by atoms with Crippen LogP contribution in [0.25, 0.3) is 0 Å². The molecule has 0 unspecified atom stereocenters. The first-order chi connectivity index (χ1) is 10.2. The highest BCUT2D eigenvalue weighted by molar-refractivity contribution is 6.31. The number of amides is 2. The summed E-state index contributed by atoms with van der Waals surface area (Å²) in [4.78, 5) is 25.6. The zero-order valence-electron chi connectivity index (χ0n) is 14.1. The molecule has 0 radical (unpaired) electrons. The lowest BCUT2D eigenvalue weighted by Crippen LogP contribution is -2.46. The van der Waals surface area contributed by atoms with Crippen LogP contribution in [0.2, 0.25) is 5.02 Å². The fourth-order valence-electron chi connectivity index (χ4n) is 1.78. The molecule has 0 aliphatic carbocycles. The van der Waals surface area contributed by atoms with Crippen molar-refractivity contribution in [2.75, 3.05) is 30.9 Å². The molecule has 0 spiro atoms. The Morgan fingerprint density at radius 1 is 1.25 bits per heavy atom. The van der Waals surface area contributed by atoms with E-state index < -0.39 is 6.04 Å². The zero-order chi connectivity index (χ0) is 16.9. The summed E-state index contributed by atoms with van der Waals surface area (Å²) in [5, 5.41) is 5.78. The second kappa shape index (κ2) is 11.4. The van der Waals surface area contributed by atoms with Crippen molar-refractivity contribution in [3.8, 4) is 0 Å². The highest BCUT2D eigenvalue weighted by Crippen LogP contribution is 2.27. The van der Waals surface area contributed by atoms with Crippen molar-refractivity contribution in [3.05, 3.63) is 23.2 Å². The maximum atomic E-state index is 12.0. The smallest absolute Gasteiger partial charge is 0.243 e. The van der Waals surface area contributed by atoms with Crippen LogP contribution < -0.4 is 21.3 Å². The molecule has 1 aromatic carbocycles. The van der Waals surface area contributed by atoms with Crippen LogP contribution in [0.4, 0.5) is 11.4 Å². The van der Waals surface area contributed by atoms with Gasteiger partial charge in [0.05, 0.1) is 24.0 Å². The van der Waals surface area contributed by atoms with Crippen LogP contribution >= 0.6 is 36.4 Å². The molecule has 0 saturated heterocycles. The van der Waals surface area contributed by atoms with Crippen molar-refractivity contribution >= 4 is 59.6 Å². The molecule has 1 rings (SSSR count). The van der Waals surface area contributed by atoms with Crippen molar-refractivity contribution < 1.29 is 9.59 Å². The number of rotatable bonds is 6. The summed E-state index contributed by atoms with van der Waals surface area (Å²) in [6.45, 7) is 3.55. The molecule has 0 aromatic heterocycles. The lowest BCUT2D eigenvalue weighted by molar-refractivity contribution is -0.125. The number of halogens is 3. The molecule has 0 saturated carbocycles. The van der Waals surface area contributed by atoms with E-state index in [1.54, 1.807) is 12.1 Å². The van der Waals surface area contributed by atoms with Gasteiger partial charge in [-0.05, 0) is 24.1 Å². The number of nitrogens with one attached hydrogen (secondary N) is 2. The Morgan fingerprint density at radius 2 is 1.83 bits per heavy atom. The van der Waals surface area contributed by atoms with E-state index in [1.807, 2.05) is 38.9 Å². The predicted octanol–water partition coefficient (Wildman–Crippen LogP) is 2.29. The Labute approximate surface area is 160 Å². The van der Waals surface area contributed by atoms with E-state index in [-0.39, 0.29) is 49.1 Å². The van der Waals surface area contributed by atoms with Crippen LogP contribution in [0.15, 0.2) is 18.2 Å². The summed E-state index contributed by atoms with van der Waals surface area (Å²) in [6.07, 6.45) is 0. The Balaban J connectivity index is 0. The molecule has 1 aromatic rings. The lowest BCUT2D eigenvalue weighted by Gasteiger charge is -2.19. The van der Waals surface area contributed by atoms with Gasteiger partial charge in [-0.15, -0.1) is 24.8 Å². The van der Waals surface area contributed by atoms with Gasteiger partial charge in [-0.2, -0.15) is 0 Å². The Kier molecular flexibility index (Phi) is 11.9. The molecule has 24 heavy (non-hydrogen) atoms. The number of hydrogen-bond donors (Lipinski definition) is 3. The third-order valence-electron chi connectivity index (χ3n) is 3.16. The second-order valence-electron chi connectivity index (χ2n) is 5.59. The van der Waals surface area contributed by atoms with Gasteiger partial charge >= 0.3 is 0 Å². The third kappa shape index (κ3) is 7.57. The maximum Gasteiger partial charge on any atom is 0.243 e. The molecule has 2 amide bonds. The fraction of sp³-hybridized carbons (Fsp3) is 0.467. The van der Waals surface area contributed by atoms with Crippen LogP contribution in [-0.2, 0) is 9.59 Å². The number of benzene rings is 1. The van der Waals surface area contributed by atoms with Gasteiger partial charge in [0, 0.05) is 19.1 Å². The van der Waals surface area contributed by atoms with Crippen molar-refractivity contribution in [2.45, 2.75) is 19.9 Å². The SMILES string of the molecule is CC(C)[C@H](N)C(=O)NCC(=O)Nc1cc(Cl)ccc1N(C)C.Cl.Cl. The van der Waals surface area contributed by atoms with Crippen molar-refractivity contribution in [1.82, 2.24) is 5.32 Å². The van der Waals surface area contributed by atoms with Crippen molar-refractivity contribution in [1.29, 1.82) is 0 Å². The first kappa shape index (κ1) is 25.0. The highest BCUT2D eigenvalue weighted by atomic mass is 35.5. The minimum atomic E-state index is -0.628. The summed E-state index contributed by atoms with van der Waals surface area (Å²) in [6, 6.07) is 4.59. The van der Waals surface area contributed by atoms with Gasteiger partial charge in [0.1, 0.15) is 0 Å². The second-order valence-corrected chi connectivity index (χ2v) is 6.03. The largest absolute Gasteiger partial charge is 0.376 e. The van der Waals surface area contributed by atoms with Gasteiger partial charge in [-0.3, -0.25) is 9.59 Å². The Morgan fingerprint density at radius 3 is 2.33 bits per heavy atom. The number of nitrogens with zero attached hydrogens (tertiary/aromatic N) is 1. The van der Waals surface area contributed by atoms with E-state index >= 15 is 0 Å². The molecule has 0 aliphatic rings. The summed E-state index contributed by atoms with van der Waals surface area (Å²) in [5.74, 6) is -0.671. The van der Waals surface area contributed by atoms with Gasteiger partial charge in [-0.25, -0.2) is 0 Å². The molecule has 0 aliphatic heterocycles. The van der Waals surface area contributed by atoms with E-state index in [2.05, 4.69) is 10.6 Å². The Hall–Kier alpha value is -1.21. The van der Waals surface area contributed by atoms with Crippen molar-refractivity contribution in [3.63, 3.8) is 0 Å². The average molecular weight is 400 g/mol. The quantitative estimate of drug-likeness (QED) is 0.685. The predicted molar refractivity (Wildman–Crippen MR) is 105 cm³/mol. The van der Waals surface area contributed by atoms with Crippen LogP contribution in [0, 0.1) is 5.92 Å². The fourth-order valence-corrected chi connectivity index (χ4v) is 1.95. The molecule has 0 bridgehead atoms. The normalized spacial score (nSPS) is 11.0. The first-order valence-corrected chi connectivity index (χ1v) is 7.40. The molecule has 4 N–H and O–H groups in total. The standard InChI is InChI=1S/C15H23ClN4O2.2ClH/c1-9(2)14(17)15(22)18-8-13(21)19-11-7-10(16)5-6-12(11)20(3)4;;/h5-7,9,14H,8,17H2,1-4H3,(H,18,22)(H,19,21);2*1H/t14-;;/m0../s1. The highest BCUT2D eigenvalue weighted by Gasteiger charge is 2.18. The van der Waals surface area contributed by atoms with E-state index in [0.29, 0.717) is 10.7 Å². The number of anilines is 2.